The minimum atomic E-state index is -0.874. The number of aromatic nitrogens is 4. The van der Waals surface area contributed by atoms with Crippen molar-refractivity contribution in [1.82, 2.24) is 19.1 Å². The van der Waals surface area contributed by atoms with Gasteiger partial charge in [0.2, 0.25) is 0 Å². The van der Waals surface area contributed by atoms with Gasteiger partial charge in [0.15, 0.2) is 0 Å². The molecule has 0 spiro atoms. The second-order valence-corrected chi connectivity index (χ2v) is 5.21. The highest BCUT2D eigenvalue weighted by atomic mass is 16.5. The van der Waals surface area contributed by atoms with Crippen molar-refractivity contribution in [2.75, 3.05) is 7.11 Å². The molecule has 1 unspecified atom stereocenters. The van der Waals surface area contributed by atoms with E-state index >= 15 is 0 Å². The molecule has 2 aromatic rings. The van der Waals surface area contributed by atoms with Gasteiger partial charge >= 0.3 is 17.3 Å². The topological polar surface area (TPSA) is 136 Å². The maximum Gasteiger partial charge on any atom is 0.328 e. The summed E-state index contributed by atoms with van der Waals surface area (Å²) in [5.74, 6) is -1.51. The lowest BCUT2D eigenvalue weighted by Crippen LogP contribution is -2.38. The minimum Gasteiger partial charge on any atom is -0.469 e. The van der Waals surface area contributed by atoms with Crippen molar-refractivity contribution in [1.29, 1.82) is 0 Å². The van der Waals surface area contributed by atoms with Gasteiger partial charge in [-0.3, -0.25) is 33.5 Å². The zero-order chi connectivity index (χ0) is 17.9. The SMILES string of the molecule is COC(=O)C(Cn1ccc(=O)[nH]c1=O)Cn1cc(C)c(=O)[nH]c1=O. The summed E-state index contributed by atoms with van der Waals surface area (Å²) in [6, 6.07) is 1.14. The fourth-order valence-electron chi connectivity index (χ4n) is 2.19. The molecule has 0 aromatic carbocycles. The predicted octanol–water partition coefficient (Wildman–Crippen LogP) is -1.82. The van der Waals surface area contributed by atoms with Crippen LogP contribution in [-0.4, -0.2) is 32.2 Å². The standard InChI is InChI=1S/C14H16N4O6/c1-8-5-18(14(23)16-11(8)20)7-9(12(21)24-2)6-17-4-3-10(19)15-13(17)22/h3-5,9H,6-7H2,1-2H3,(H,15,19,22)(H,16,20,23). The lowest BCUT2D eigenvalue weighted by molar-refractivity contribution is -0.146. The van der Waals surface area contributed by atoms with Crippen LogP contribution in [0.4, 0.5) is 0 Å². The average Bonchev–Trinajstić information content (AvgIpc) is 2.53. The van der Waals surface area contributed by atoms with E-state index < -0.39 is 34.4 Å². The zero-order valence-corrected chi connectivity index (χ0v) is 13.1. The first-order valence-electron chi connectivity index (χ1n) is 6.99. The second kappa shape index (κ2) is 6.94. The van der Waals surface area contributed by atoms with Crippen molar-refractivity contribution in [2.24, 2.45) is 5.92 Å². The van der Waals surface area contributed by atoms with E-state index in [0.717, 1.165) is 15.2 Å². The number of rotatable bonds is 5. The monoisotopic (exact) mass is 336 g/mol. The van der Waals surface area contributed by atoms with Crippen LogP contribution in [0.1, 0.15) is 5.56 Å². The minimum absolute atomic E-state index is 0.102. The van der Waals surface area contributed by atoms with Crippen LogP contribution in [0.25, 0.3) is 0 Å². The number of ether oxygens (including phenoxy) is 1. The van der Waals surface area contributed by atoms with Crippen molar-refractivity contribution in [3.8, 4) is 0 Å². The fraction of sp³-hybridized carbons (Fsp3) is 0.357. The molecule has 2 aromatic heterocycles. The fourth-order valence-corrected chi connectivity index (χ4v) is 2.19. The first-order chi connectivity index (χ1) is 11.3. The van der Waals surface area contributed by atoms with Gasteiger partial charge in [0, 0.05) is 37.1 Å². The zero-order valence-electron chi connectivity index (χ0n) is 13.1. The van der Waals surface area contributed by atoms with Crippen LogP contribution in [0.5, 0.6) is 0 Å². The molecule has 0 saturated heterocycles. The Labute approximate surface area is 134 Å². The molecule has 0 aliphatic carbocycles. The lowest BCUT2D eigenvalue weighted by Gasteiger charge is -2.17. The molecule has 128 valence electrons. The number of methoxy groups -OCH3 is 1. The summed E-state index contributed by atoms with van der Waals surface area (Å²) < 4.78 is 6.99. The van der Waals surface area contributed by atoms with Gasteiger partial charge < -0.3 is 4.74 Å². The Kier molecular flexibility index (Phi) is 4.97. The summed E-state index contributed by atoms with van der Waals surface area (Å²) >= 11 is 0. The van der Waals surface area contributed by atoms with Gasteiger partial charge in [0.1, 0.15) is 0 Å². The van der Waals surface area contributed by atoms with E-state index in [1.165, 1.54) is 26.4 Å². The Balaban J connectivity index is 2.36. The van der Waals surface area contributed by atoms with Gasteiger partial charge in [0.05, 0.1) is 13.0 Å². The quantitative estimate of drug-likeness (QED) is 0.617. The molecule has 0 radical (unpaired) electrons. The molecule has 24 heavy (non-hydrogen) atoms. The summed E-state index contributed by atoms with van der Waals surface area (Å²) in [7, 11) is 1.19. The number of nitrogens with one attached hydrogen (secondary N) is 2. The Morgan fingerprint density at radius 2 is 1.75 bits per heavy atom. The van der Waals surface area contributed by atoms with E-state index in [4.69, 9.17) is 4.74 Å². The van der Waals surface area contributed by atoms with E-state index in [0.29, 0.717) is 5.56 Å². The van der Waals surface area contributed by atoms with Crippen LogP contribution < -0.4 is 22.5 Å². The maximum atomic E-state index is 12.0. The summed E-state index contributed by atoms with van der Waals surface area (Å²) in [5.41, 5.74) is -2.12. The third-order valence-electron chi connectivity index (χ3n) is 3.45. The molecule has 10 nitrogen and oxygen atoms in total. The number of H-pyrrole nitrogens is 2. The molecule has 0 bridgehead atoms. The van der Waals surface area contributed by atoms with Crippen LogP contribution >= 0.6 is 0 Å². The first kappa shape index (κ1) is 17.2. The highest BCUT2D eigenvalue weighted by molar-refractivity contribution is 5.72. The molecule has 0 amide bonds. The van der Waals surface area contributed by atoms with Gasteiger partial charge in [-0.2, -0.15) is 0 Å². The first-order valence-corrected chi connectivity index (χ1v) is 6.99. The van der Waals surface area contributed by atoms with Crippen LogP contribution in [0.3, 0.4) is 0 Å². The van der Waals surface area contributed by atoms with Crippen molar-refractivity contribution < 1.29 is 9.53 Å². The average molecular weight is 336 g/mol. The molecule has 1 atom stereocenters. The predicted molar refractivity (Wildman–Crippen MR) is 82.9 cm³/mol. The molecule has 0 aliphatic rings. The molecule has 0 aliphatic heterocycles. The number of aryl methyl sites for hydroxylation is 1. The van der Waals surface area contributed by atoms with Crippen molar-refractivity contribution in [2.45, 2.75) is 20.0 Å². The number of carbonyl (C=O) groups excluding carboxylic acids is 1. The Morgan fingerprint density at radius 3 is 2.38 bits per heavy atom. The van der Waals surface area contributed by atoms with Gasteiger partial charge in [-0.25, -0.2) is 9.59 Å². The van der Waals surface area contributed by atoms with Crippen molar-refractivity contribution in [3.05, 3.63) is 65.7 Å². The van der Waals surface area contributed by atoms with Crippen molar-refractivity contribution in [3.63, 3.8) is 0 Å². The van der Waals surface area contributed by atoms with E-state index in [2.05, 4.69) is 9.97 Å². The molecule has 10 heteroatoms. The Morgan fingerprint density at radius 1 is 1.12 bits per heavy atom. The number of esters is 1. The number of aromatic amines is 2. The molecular weight excluding hydrogens is 320 g/mol. The Bertz CT molecular complexity index is 980. The highest BCUT2D eigenvalue weighted by Gasteiger charge is 2.22. The normalized spacial score (nSPS) is 11.9. The summed E-state index contributed by atoms with van der Waals surface area (Å²) in [5, 5.41) is 0. The van der Waals surface area contributed by atoms with E-state index in [1.807, 2.05) is 0 Å². The van der Waals surface area contributed by atoms with Gasteiger partial charge in [-0.1, -0.05) is 0 Å². The van der Waals surface area contributed by atoms with Gasteiger partial charge in [0.25, 0.3) is 11.1 Å². The third kappa shape index (κ3) is 3.77. The maximum absolute atomic E-state index is 12.0. The molecule has 2 rings (SSSR count). The highest BCUT2D eigenvalue weighted by Crippen LogP contribution is 2.05. The Hall–Kier alpha value is -3.17. The molecular formula is C14H16N4O6. The van der Waals surface area contributed by atoms with Gasteiger partial charge in [-0.15, -0.1) is 0 Å². The largest absolute Gasteiger partial charge is 0.469 e. The van der Waals surface area contributed by atoms with E-state index in [9.17, 15) is 24.0 Å². The van der Waals surface area contributed by atoms with Crippen molar-refractivity contribution >= 4 is 5.97 Å². The molecule has 0 saturated carbocycles. The molecule has 0 fully saturated rings. The van der Waals surface area contributed by atoms with Crippen LogP contribution in [0.15, 0.2) is 37.6 Å². The van der Waals surface area contributed by atoms with Crippen LogP contribution in [-0.2, 0) is 22.6 Å². The summed E-state index contributed by atoms with van der Waals surface area (Å²) in [6.45, 7) is 1.32. The van der Waals surface area contributed by atoms with E-state index in [1.54, 1.807) is 0 Å². The third-order valence-corrected chi connectivity index (χ3v) is 3.45. The van der Waals surface area contributed by atoms with Crippen LogP contribution in [0.2, 0.25) is 0 Å². The molecule has 2 N–H and O–H groups in total. The van der Waals surface area contributed by atoms with Crippen LogP contribution in [0, 0.1) is 12.8 Å². The van der Waals surface area contributed by atoms with E-state index in [-0.39, 0.29) is 13.1 Å². The second-order valence-electron chi connectivity index (χ2n) is 5.21. The van der Waals surface area contributed by atoms with Gasteiger partial charge in [-0.05, 0) is 6.92 Å². The smallest absolute Gasteiger partial charge is 0.328 e. The lowest BCUT2D eigenvalue weighted by atomic mass is 10.1. The summed E-state index contributed by atoms with van der Waals surface area (Å²) in [4.78, 5) is 62.2. The number of nitrogens with zero attached hydrogens (tertiary/aromatic N) is 2. The number of hydrogen-bond donors (Lipinski definition) is 2. The molecule has 2 heterocycles. The number of carbonyl (C=O) groups is 1. The summed E-state index contributed by atoms with van der Waals surface area (Å²) in [6.07, 6.45) is 2.57. The number of hydrogen-bond acceptors (Lipinski definition) is 6.